The fraction of sp³-hybridized carbons (Fsp3) is 0.370. The van der Waals surface area contributed by atoms with Gasteiger partial charge in [0.15, 0.2) is 0 Å². The van der Waals surface area contributed by atoms with E-state index in [0.717, 1.165) is 0 Å². The molecule has 8 aromatic rings. The van der Waals surface area contributed by atoms with Gasteiger partial charge in [-0.25, -0.2) is 39.9 Å². The van der Waals surface area contributed by atoms with Gasteiger partial charge in [-0.05, 0) is 50.1 Å². The Bertz CT molecular complexity index is 3310. The van der Waals surface area contributed by atoms with E-state index < -0.39 is 59.7 Å². The quantitative estimate of drug-likeness (QED) is 0.0291. The van der Waals surface area contributed by atoms with Gasteiger partial charge in [-0.1, -0.05) is 0 Å². The summed E-state index contributed by atoms with van der Waals surface area (Å²) in [6, 6.07) is 2.68. The second-order valence-electron chi connectivity index (χ2n) is 18.0. The lowest BCUT2D eigenvalue weighted by atomic mass is 10.1. The van der Waals surface area contributed by atoms with Crippen LogP contribution in [0.2, 0.25) is 0 Å². The van der Waals surface area contributed by atoms with E-state index in [-0.39, 0.29) is 75.7 Å². The molecule has 8 aromatic heterocycles. The van der Waals surface area contributed by atoms with E-state index in [1.165, 1.54) is 25.3 Å². The SMILES string of the molecule is NCCCC[C@H](NC(=O)C[C@H](Cn1ccc2c(N)ncnc21)NC(=O)C[C@H](Cn1ccc2c(N)ncnc21)NC(=O)C[C@H](Cn1ccc2c(N)ncnc21)NC(=O)C[C@@H](N)Cn1ccc2c(N)ncnc21)C(N)=O. The molecule has 0 bridgehead atoms. The van der Waals surface area contributed by atoms with Crippen molar-refractivity contribution in [2.75, 3.05) is 29.5 Å². The number of fused-ring (bicyclic) bond motifs is 4. The maximum atomic E-state index is 14.4. The molecule has 8 heterocycles. The van der Waals surface area contributed by atoms with E-state index >= 15 is 0 Å². The topological polar surface area (TPSA) is 438 Å². The maximum Gasteiger partial charge on any atom is 0.239 e. The maximum absolute atomic E-state index is 14.4. The number of aromatic nitrogens is 12. The number of anilines is 4. The number of nitrogens with one attached hydrogen (secondary N) is 4. The van der Waals surface area contributed by atoms with Crippen molar-refractivity contribution in [3.05, 3.63) is 74.4 Å². The Morgan fingerprint density at radius 2 is 0.784 bits per heavy atom. The molecular weight excluding hydrogens is 955 g/mol. The van der Waals surface area contributed by atoms with Crippen LogP contribution in [-0.2, 0) is 50.2 Å². The molecule has 8 rings (SSSR count). The van der Waals surface area contributed by atoms with Gasteiger partial charge in [0.2, 0.25) is 29.5 Å². The van der Waals surface area contributed by atoms with Crippen LogP contribution in [0.1, 0.15) is 44.9 Å². The summed E-state index contributed by atoms with van der Waals surface area (Å²) < 4.78 is 6.98. The Morgan fingerprint density at radius 3 is 1.12 bits per heavy atom. The first kappa shape index (κ1) is 51.3. The largest absolute Gasteiger partial charge is 0.383 e. The number of amides is 5. The lowest BCUT2D eigenvalue weighted by Gasteiger charge is -2.25. The number of nitrogens with zero attached hydrogens (tertiary/aromatic N) is 12. The second kappa shape index (κ2) is 23.0. The van der Waals surface area contributed by atoms with Crippen LogP contribution >= 0.6 is 0 Å². The summed E-state index contributed by atoms with van der Waals surface area (Å²) in [7, 11) is 0. The summed E-state index contributed by atoms with van der Waals surface area (Å²) in [6.07, 6.45) is 12.7. The van der Waals surface area contributed by atoms with Crippen molar-refractivity contribution in [3.63, 3.8) is 0 Å². The van der Waals surface area contributed by atoms with Gasteiger partial charge in [-0.3, -0.25) is 24.0 Å². The highest BCUT2D eigenvalue weighted by Crippen LogP contribution is 2.22. The molecule has 0 aliphatic carbocycles. The standard InChI is InChI=1S/C46H59N23O5/c47-8-2-1-3-33(42(53)74)65-37(73)16-28(20-69-12-7-32-41(52)57-24-61-46(32)69)64-36(72)15-27(19-68-11-6-31-40(51)56-23-60-45(31)68)63-35(71)14-26(18-67-10-5-30-39(50)55-22-59-44(30)67)62-34(70)13-25(48)17-66-9-4-29-38(49)54-21-58-43(29)66/h4-7,9-12,21-28,33H,1-3,8,13-20,47-48H2,(H2,53,74)(H,62,70)(H,63,71)(H,64,72)(H,65,73)(H2,49,54,58)(H2,50,55,59)(H2,51,56,60)(H2,52,57,61)/t25-,26-,27-,28-,33+/m1/s1. The van der Waals surface area contributed by atoms with Crippen LogP contribution in [0.25, 0.3) is 44.1 Å². The zero-order chi connectivity index (χ0) is 52.5. The number of hydrogen-bond acceptors (Lipinski definition) is 19. The van der Waals surface area contributed by atoms with Crippen molar-refractivity contribution in [1.82, 2.24) is 79.4 Å². The van der Waals surface area contributed by atoms with Crippen LogP contribution in [0.4, 0.5) is 23.3 Å². The van der Waals surface area contributed by atoms with Gasteiger partial charge in [0.05, 0.1) is 39.7 Å². The zero-order valence-corrected chi connectivity index (χ0v) is 40.2. The Kier molecular flexibility index (Phi) is 16.0. The van der Waals surface area contributed by atoms with E-state index in [1.807, 2.05) is 0 Å². The minimum Gasteiger partial charge on any atom is -0.383 e. The molecule has 0 saturated heterocycles. The summed E-state index contributed by atoms with van der Waals surface area (Å²) in [5, 5.41) is 14.0. The summed E-state index contributed by atoms with van der Waals surface area (Å²) in [5.41, 5.74) is 44.2. The van der Waals surface area contributed by atoms with Crippen LogP contribution in [0.5, 0.6) is 0 Å². The molecule has 388 valence electrons. The Labute approximate surface area is 421 Å². The second-order valence-corrected chi connectivity index (χ2v) is 18.0. The third kappa shape index (κ3) is 12.3. The first-order valence-corrected chi connectivity index (χ1v) is 23.8. The van der Waals surface area contributed by atoms with Crippen LogP contribution in [0.15, 0.2) is 74.4 Å². The molecule has 0 radical (unpaired) electrons. The van der Waals surface area contributed by atoms with Crippen molar-refractivity contribution in [1.29, 1.82) is 0 Å². The predicted molar refractivity (Wildman–Crippen MR) is 274 cm³/mol. The monoisotopic (exact) mass is 1010 g/mol. The molecule has 28 nitrogen and oxygen atoms in total. The summed E-state index contributed by atoms with van der Waals surface area (Å²) >= 11 is 0. The lowest BCUT2D eigenvalue weighted by molar-refractivity contribution is -0.128. The Hall–Kier alpha value is -9.05. The highest BCUT2D eigenvalue weighted by atomic mass is 16.2. The van der Waals surface area contributed by atoms with Gasteiger partial charge >= 0.3 is 0 Å². The van der Waals surface area contributed by atoms with E-state index in [0.29, 0.717) is 69.3 Å². The van der Waals surface area contributed by atoms with E-state index in [4.69, 9.17) is 40.1 Å². The minimum absolute atomic E-state index is 0.0285. The molecule has 0 fully saturated rings. The van der Waals surface area contributed by atoms with E-state index in [9.17, 15) is 24.0 Å². The summed E-state index contributed by atoms with van der Waals surface area (Å²) in [6.45, 7) is 0.783. The molecule has 0 saturated carbocycles. The molecule has 5 atom stereocenters. The molecule has 0 aliphatic heterocycles. The highest BCUT2D eigenvalue weighted by molar-refractivity contribution is 5.90. The molecule has 5 amide bonds. The van der Waals surface area contributed by atoms with Crippen LogP contribution in [0, 0.1) is 0 Å². The van der Waals surface area contributed by atoms with Crippen molar-refractivity contribution >= 4 is 96.9 Å². The van der Waals surface area contributed by atoms with Gasteiger partial charge in [0.25, 0.3) is 0 Å². The molecule has 0 unspecified atom stereocenters. The van der Waals surface area contributed by atoms with Crippen LogP contribution in [0.3, 0.4) is 0 Å². The lowest BCUT2D eigenvalue weighted by Crippen LogP contribution is -2.49. The average molecular weight is 1010 g/mol. The number of unbranched alkanes of at least 4 members (excludes halogenated alkanes) is 1. The smallest absolute Gasteiger partial charge is 0.239 e. The fourth-order valence-electron chi connectivity index (χ4n) is 9.00. The zero-order valence-electron chi connectivity index (χ0n) is 40.2. The third-order valence-corrected chi connectivity index (χ3v) is 12.5. The van der Waals surface area contributed by atoms with Gasteiger partial charge < -0.3 is 79.7 Å². The van der Waals surface area contributed by atoms with Gasteiger partial charge in [-0.15, -0.1) is 0 Å². The average Bonchev–Trinajstić information content (AvgIpc) is 4.16. The third-order valence-electron chi connectivity index (χ3n) is 12.5. The van der Waals surface area contributed by atoms with E-state index in [2.05, 4.69) is 61.1 Å². The predicted octanol–water partition coefficient (Wildman–Crippen LogP) is -1.46. The molecule has 0 spiro atoms. The van der Waals surface area contributed by atoms with Crippen molar-refractivity contribution < 1.29 is 24.0 Å². The van der Waals surface area contributed by atoms with Crippen LogP contribution in [-0.4, -0.2) is 124 Å². The Morgan fingerprint density at radius 1 is 0.459 bits per heavy atom. The van der Waals surface area contributed by atoms with Crippen molar-refractivity contribution in [2.24, 2.45) is 17.2 Å². The summed E-state index contributed by atoms with van der Waals surface area (Å²) in [5.74, 6) is -1.71. The van der Waals surface area contributed by atoms with Gasteiger partial charge in [0.1, 0.15) is 77.2 Å². The van der Waals surface area contributed by atoms with E-state index in [1.54, 1.807) is 67.3 Å². The molecule has 0 aliphatic rings. The number of primary amides is 1. The van der Waals surface area contributed by atoms with Gasteiger partial charge in [-0.2, -0.15) is 0 Å². The van der Waals surface area contributed by atoms with Crippen molar-refractivity contribution in [3.8, 4) is 0 Å². The Balaban J connectivity index is 1.02. The first-order chi connectivity index (χ1) is 35.6. The fourth-order valence-corrected chi connectivity index (χ4v) is 9.00. The molecular formula is C46H59N23O5. The van der Waals surface area contributed by atoms with Gasteiger partial charge in [0, 0.05) is 82.7 Å². The van der Waals surface area contributed by atoms with Crippen LogP contribution < -0.4 is 61.4 Å². The minimum atomic E-state index is -0.964. The number of nitrogens with two attached hydrogens (primary N) is 7. The molecule has 18 N–H and O–H groups in total. The molecule has 0 aromatic carbocycles. The first-order valence-electron chi connectivity index (χ1n) is 23.8. The van der Waals surface area contributed by atoms with Crippen molar-refractivity contribution in [2.45, 2.75) is 101 Å². The molecule has 28 heteroatoms. The highest BCUT2D eigenvalue weighted by Gasteiger charge is 2.27. The number of nitrogen functional groups attached to an aromatic ring is 4. The number of hydrogen-bond donors (Lipinski definition) is 11. The number of rotatable bonds is 25. The summed E-state index contributed by atoms with van der Waals surface area (Å²) in [4.78, 5) is 102. The normalized spacial score (nSPS) is 13.6. The number of carbonyl (C=O) groups excluding carboxylic acids is 5. The number of carbonyl (C=O) groups is 5. The molecule has 74 heavy (non-hydrogen) atoms.